The minimum atomic E-state index is -3.92. The predicted molar refractivity (Wildman–Crippen MR) is 124 cm³/mol. The first-order valence-corrected chi connectivity index (χ1v) is 12.5. The number of aromatic nitrogens is 2. The van der Waals surface area contributed by atoms with E-state index in [4.69, 9.17) is 16.3 Å². The van der Waals surface area contributed by atoms with Crippen LogP contribution in [0, 0.1) is 0 Å². The molecule has 2 aromatic rings. The lowest BCUT2D eigenvalue weighted by atomic mass is 10.2. The van der Waals surface area contributed by atoms with Crippen molar-refractivity contribution in [2.75, 3.05) is 51.3 Å². The van der Waals surface area contributed by atoms with Gasteiger partial charge in [0.2, 0.25) is 5.03 Å². The normalized spacial score (nSPS) is 15.2. The van der Waals surface area contributed by atoms with Crippen molar-refractivity contribution in [2.24, 2.45) is 0 Å². The molecule has 0 radical (unpaired) electrons. The third kappa shape index (κ3) is 5.80. The summed E-state index contributed by atoms with van der Waals surface area (Å²) in [4.78, 5) is 14.8. The van der Waals surface area contributed by atoms with Crippen molar-refractivity contribution in [2.45, 2.75) is 31.3 Å². The molecule has 0 aliphatic carbocycles. The van der Waals surface area contributed by atoms with Crippen LogP contribution < -0.4 is 10.2 Å². The standard InChI is InChI=1S/C21H30ClN5O4S/c1-3-9-26-16-19(20(28)23-8-5-14-31-2)21(24-26)32(29,30)27-12-10-25(11-13-27)18-7-4-6-17(22)15-18/h4,6-7,15-16H,3,5,8-14H2,1-2H3,(H,23,28). The van der Waals surface area contributed by atoms with Gasteiger partial charge in [-0.1, -0.05) is 24.6 Å². The number of rotatable bonds is 10. The van der Waals surface area contributed by atoms with Gasteiger partial charge in [0.25, 0.3) is 15.9 Å². The van der Waals surface area contributed by atoms with Crippen LogP contribution in [0.2, 0.25) is 5.02 Å². The minimum absolute atomic E-state index is 0.0770. The van der Waals surface area contributed by atoms with Crippen molar-refractivity contribution >= 4 is 33.2 Å². The summed E-state index contributed by atoms with van der Waals surface area (Å²) in [6.45, 7) is 5.04. The molecule has 1 N–H and O–H groups in total. The number of ether oxygens (including phenoxy) is 1. The lowest BCUT2D eigenvalue weighted by molar-refractivity contribution is 0.0945. The third-order valence-electron chi connectivity index (χ3n) is 5.23. The van der Waals surface area contributed by atoms with E-state index in [1.807, 2.05) is 25.1 Å². The van der Waals surface area contributed by atoms with Gasteiger partial charge in [-0.15, -0.1) is 0 Å². The van der Waals surface area contributed by atoms with Gasteiger partial charge in [0.15, 0.2) is 0 Å². The Morgan fingerprint density at radius 1 is 1.25 bits per heavy atom. The number of aryl methyl sites for hydroxylation is 1. The molecule has 9 nitrogen and oxygen atoms in total. The summed E-state index contributed by atoms with van der Waals surface area (Å²) in [7, 11) is -2.33. The van der Waals surface area contributed by atoms with E-state index in [9.17, 15) is 13.2 Å². The molecule has 3 rings (SSSR count). The molecule has 1 amide bonds. The Balaban J connectivity index is 1.76. The summed E-state index contributed by atoms with van der Waals surface area (Å²) < 4.78 is 34.7. The fraction of sp³-hybridized carbons (Fsp3) is 0.524. The highest BCUT2D eigenvalue weighted by molar-refractivity contribution is 7.89. The Morgan fingerprint density at radius 2 is 2.00 bits per heavy atom. The number of nitrogens with one attached hydrogen (secondary N) is 1. The molecule has 32 heavy (non-hydrogen) atoms. The van der Waals surface area contributed by atoms with Gasteiger partial charge >= 0.3 is 0 Å². The number of hydrogen-bond acceptors (Lipinski definition) is 6. The lowest BCUT2D eigenvalue weighted by Gasteiger charge is -2.35. The molecular weight excluding hydrogens is 454 g/mol. The lowest BCUT2D eigenvalue weighted by Crippen LogP contribution is -2.49. The van der Waals surface area contributed by atoms with Crippen LogP contribution in [-0.2, 0) is 21.3 Å². The van der Waals surface area contributed by atoms with Gasteiger partial charge in [-0.25, -0.2) is 8.42 Å². The Morgan fingerprint density at radius 3 is 2.66 bits per heavy atom. The number of carbonyl (C=O) groups excluding carboxylic acids is 1. The molecule has 0 saturated carbocycles. The molecule has 1 saturated heterocycles. The molecule has 0 unspecified atom stereocenters. The molecule has 1 aromatic carbocycles. The van der Waals surface area contributed by atoms with Crippen LogP contribution in [0.4, 0.5) is 5.69 Å². The Labute approximate surface area is 194 Å². The molecule has 1 aliphatic rings. The van der Waals surface area contributed by atoms with Crippen LogP contribution in [0.1, 0.15) is 30.1 Å². The van der Waals surface area contributed by atoms with Crippen LogP contribution in [0.3, 0.4) is 0 Å². The summed E-state index contributed by atoms with van der Waals surface area (Å²) in [5.74, 6) is -0.445. The van der Waals surface area contributed by atoms with Crippen LogP contribution >= 0.6 is 11.6 Å². The topological polar surface area (TPSA) is 96.8 Å². The second kappa shape index (κ2) is 11.1. The van der Waals surface area contributed by atoms with Crippen molar-refractivity contribution < 1.29 is 17.9 Å². The number of hydrogen-bond donors (Lipinski definition) is 1. The number of piperazine rings is 1. The van der Waals surface area contributed by atoms with Gasteiger partial charge in [-0.3, -0.25) is 9.48 Å². The zero-order chi connectivity index (χ0) is 23.1. The molecule has 176 valence electrons. The van der Waals surface area contributed by atoms with E-state index in [0.29, 0.717) is 57.3 Å². The first-order valence-electron chi connectivity index (χ1n) is 10.7. The fourth-order valence-electron chi connectivity index (χ4n) is 3.59. The number of amides is 1. The van der Waals surface area contributed by atoms with E-state index in [1.54, 1.807) is 13.2 Å². The molecule has 0 spiro atoms. The second-order valence-corrected chi connectivity index (χ2v) is 9.87. The second-order valence-electron chi connectivity index (χ2n) is 7.58. The highest BCUT2D eigenvalue weighted by atomic mass is 35.5. The van der Waals surface area contributed by atoms with Crippen molar-refractivity contribution in [3.05, 3.63) is 41.0 Å². The molecule has 0 bridgehead atoms. The number of carbonyl (C=O) groups is 1. The van der Waals surface area contributed by atoms with Crippen molar-refractivity contribution in [1.82, 2.24) is 19.4 Å². The van der Waals surface area contributed by atoms with Crippen LogP contribution in [0.5, 0.6) is 0 Å². The average molecular weight is 484 g/mol. The Bertz CT molecular complexity index is 1020. The number of methoxy groups -OCH3 is 1. The highest BCUT2D eigenvalue weighted by Gasteiger charge is 2.34. The van der Waals surface area contributed by atoms with Gasteiger partial charge in [-0.05, 0) is 31.0 Å². The molecular formula is C21H30ClN5O4S. The van der Waals surface area contributed by atoms with Gasteiger partial charge in [0.05, 0.1) is 5.56 Å². The first kappa shape index (κ1) is 24.5. The smallest absolute Gasteiger partial charge is 0.263 e. The summed E-state index contributed by atoms with van der Waals surface area (Å²) in [5.41, 5.74) is 1.03. The van der Waals surface area contributed by atoms with Gasteiger partial charge in [0, 0.05) is 69.9 Å². The van der Waals surface area contributed by atoms with Crippen molar-refractivity contribution in [3.8, 4) is 0 Å². The number of halogens is 1. The van der Waals surface area contributed by atoms with Crippen LogP contribution in [0.15, 0.2) is 35.5 Å². The van der Waals surface area contributed by atoms with Crippen LogP contribution in [0.25, 0.3) is 0 Å². The third-order valence-corrected chi connectivity index (χ3v) is 7.30. The van der Waals surface area contributed by atoms with E-state index in [2.05, 4.69) is 15.3 Å². The fourth-order valence-corrected chi connectivity index (χ4v) is 5.29. The SMILES string of the molecule is CCCn1cc(C(=O)NCCCOC)c(S(=O)(=O)N2CCN(c3cccc(Cl)c3)CC2)n1. The van der Waals surface area contributed by atoms with Crippen LogP contribution in [-0.4, -0.2) is 74.9 Å². The van der Waals surface area contributed by atoms with E-state index in [0.717, 1.165) is 12.1 Å². The largest absolute Gasteiger partial charge is 0.385 e. The Hall–Kier alpha value is -2.14. The van der Waals surface area contributed by atoms with Gasteiger partial charge in [0.1, 0.15) is 0 Å². The van der Waals surface area contributed by atoms with E-state index in [1.165, 1.54) is 15.2 Å². The minimum Gasteiger partial charge on any atom is -0.385 e. The summed E-state index contributed by atoms with van der Waals surface area (Å²) in [5, 5.41) is 7.48. The average Bonchev–Trinajstić information content (AvgIpc) is 3.22. The molecule has 11 heteroatoms. The quantitative estimate of drug-likeness (QED) is 0.520. The van der Waals surface area contributed by atoms with Crippen molar-refractivity contribution in [3.63, 3.8) is 0 Å². The molecule has 2 heterocycles. The first-order chi connectivity index (χ1) is 15.4. The molecule has 0 atom stereocenters. The maximum Gasteiger partial charge on any atom is 0.263 e. The Kier molecular flexibility index (Phi) is 8.52. The molecule has 1 aromatic heterocycles. The highest BCUT2D eigenvalue weighted by Crippen LogP contribution is 2.24. The van der Waals surface area contributed by atoms with E-state index >= 15 is 0 Å². The summed E-state index contributed by atoms with van der Waals surface area (Å²) >= 11 is 6.09. The van der Waals surface area contributed by atoms with E-state index < -0.39 is 15.9 Å². The number of anilines is 1. The zero-order valence-electron chi connectivity index (χ0n) is 18.5. The monoisotopic (exact) mass is 483 g/mol. The number of benzene rings is 1. The van der Waals surface area contributed by atoms with Crippen molar-refractivity contribution in [1.29, 1.82) is 0 Å². The number of sulfonamides is 1. The molecule has 1 aliphatic heterocycles. The zero-order valence-corrected chi connectivity index (χ0v) is 20.0. The predicted octanol–water partition coefficient (Wildman–Crippen LogP) is 2.22. The number of nitrogens with zero attached hydrogens (tertiary/aromatic N) is 4. The molecule has 1 fully saturated rings. The summed E-state index contributed by atoms with van der Waals surface area (Å²) in [6, 6.07) is 7.50. The maximum absolute atomic E-state index is 13.4. The van der Waals surface area contributed by atoms with Gasteiger partial charge < -0.3 is 15.0 Å². The van der Waals surface area contributed by atoms with E-state index in [-0.39, 0.29) is 10.6 Å². The summed E-state index contributed by atoms with van der Waals surface area (Å²) in [6.07, 6.45) is 2.93. The van der Waals surface area contributed by atoms with Gasteiger partial charge in [-0.2, -0.15) is 9.40 Å². The maximum atomic E-state index is 13.4.